The van der Waals surface area contributed by atoms with E-state index in [1.165, 1.54) is 270 Å². The van der Waals surface area contributed by atoms with Crippen molar-refractivity contribution >= 4 is 17.9 Å². The van der Waals surface area contributed by atoms with Gasteiger partial charge in [-0.3, -0.25) is 14.4 Å². The van der Waals surface area contributed by atoms with Crippen LogP contribution < -0.4 is 0 Å². The molecule has 6 heteroatoms. The SMILES string of the molecule is CC/C=C\C/C=C\C/C=C\C/C=C\CCCCCCCCCCCCCCCCCCCCC(=O)OCC(COC(=O)CCCCCCCCCCCCCCCCCCC)OC(=O)CCCCCCCCC/C=C\CCCCCCCC. The van der Waals surface area contributed by atoms with Crippen LogP contribution in [-0.4, -0.2) is 37.2 Å². The average Bonchev–Trinajstić information content (AvgIpc) is 3.49. The standard InChI is InChI=1S/C77H140O6/c1-4-7-10-13-16-19-22-25-28-31-32-33-34-35-36-37-38-39-40-41-42-43-44-47-49-52-55-58-61-64-67-70-76(79)82-73-74(83-77(80)71-68-65-62-59-56-53-50-46-30-27-24-21-18-15-12-9-6-3)72-81-75(78)69-66-63-60-57-54-51-48-45-29-26-23-20-17-14-11-8-5-2/h7,10,16,19,25,27-28,30,32-33,74H,4-6,8-9,11-15,17-18,20-24,26,29,31,34-73H2,1-3H3/b10-7-,19-16-,28-25-,30-27-,33-32-. The second-order valence-electron chi connectivity index (χ2n) is 24.8. The summed E-state index contributed by atoms with van der Waals surface area (Å²) in [5, 5.41) is 0. The van der Waals surface area contributed by atoms with Crippen LogP contribution in [0.15, 0.2) is 60.8 Å². The van der Waals surface area contributed by atoms with Crippen LogP contribution in [-0.2, 0) is 28.6 Å². The molecule has 0 aromatic carbocycles. The molecule has 83 heavy (non-hydrogen) atoms. The van der Waals surface area contributed by atoms with Gasteiger partial charge in [-0.25, -0.2) is 0 Å². The predicted octanol–water partition coefficient (Wildman–Crippen LogP) is 25.5. The van der Waals surface area contributed by atoms with E-state index in [-0.39, 0.29) is 31.1 Å². The van der Waals surface area contributed by atoms with Gasteiger partial charge in [0.15, 0.2) is 6.10 Å². The van der Waals surface area contributed by atoms with Gasteiger partial charge < -0.3 is 14.2 Å². The second-order valence-corrected chi connectivity index (χ2v) is 24.8. The summed E-state index contributed by atoms with van der Waals surface area (Å²) in [6, 6.07) is 0. The number of ether oxygens (including phenoxy) is 3. The summed E-state index contributed by atoms with van der Waals surface area (Å²) in [6.07, 6.45) is 92.6. The Morgan fingerprint density at radius 2 is 0.470 bits per heavy atom. The van der Waals surface area contributed by atoms with E-state index >= 15 is 0 Å². The number of esters is 3. The molecule has 0 saturated heterocycles. The molecule has 0 saturated carbocycles. The van der Waals surface area contributed by atoms with Crippen LogP contribution in [0.4, 0.5) is 0 Å². The Balaban J connectivity index is 4.21. The molecule has 0 spiro atoms. The maximum absolute atomic E-state index is 13.0. The van der Waals surface area contributed by atoms with Crippen molar-refractivity contribution in [3.8, 4) is 0 Å². The smallest absolute Gasteiger partial charge is 0.306 e. The van der Waals surface area contributed by atoms with Gasteiger partial charge >= 0.3 is 17.9 Å². The Bertz CT molecular complexity index is 1470. The van der Waals surface area contributed by atoms with E-state index < -0.39 is 6.10 Å². The summed E-state index contributed by atoms with van der Waals surface area (Å²) in [4.78, 5) is 38.5. The molecule has 0 amide bonds. The Morgan fingerprint density at radius 1 is 0.253 bits per heavy atom. The summed E-state index contributed by atoms with van der Waals surface area (Å²) in [5.74, 6) is -0.844. The van der Waals surface area contributed by atoms with Crippen molar-refractivity contribution in [2.45, 2.75) is 399 Å². The van der Waals surface area contributed by atoms with Crippen LogP contribution in [0.5, 0.6) is 0 Å². The molecule has 0 fully saturated rings. The van der Waals surface area contributed by atoms with Crippen molar-refractivity contribution in [2.75, 3.05) is 13.2 Å². The van der Waals surface area contributed by atoms with E-state index in [0.29, 0.717) is 19.3 Å². The Hall–Kier alpha value is -2.89. The third-order valence-corrected chi connectivity index (χ3v) is 16.5. The molecule has 0 heterocycles. The molecular formula is C77H140O6. The van der Waals surface area contributed by atoms with Gasteiger partial charge in [0, 0.05) is 19.3 Å². The molecule has 0 aliphatic rings. The molecule has 0 bridgehead atoms. The second kappa shape index (κ2) is 71.6. The normalized spacial score (nSPS) is 12.4. The van der Waals surface area contributed by atoms with E-state index in [1.54, 1.807) is 0 Å². The minimum absolute atomic E-state index is 0.0691. The van der Waals surface area contributed by atoms with Crippen LogP contribution in [0, 0.1) is 0 Å². The molecule has 0 N–H and O–H groups in total. The first-order valence-electron chi connectivity index (χ1n) is 36.8. The lowest BCUT2D eigenvalue weighted by atomic mass is 10.0. The average molecular weight is 1160 g/mol. The van der Waals surface area contributed by atoms with Gasteiger partial charge in [-0.1, -0.05) is 351 Å². The van der Waals surface area contributed by atoms with Gasteiger partial charge in [-0.2, -0.15) is 0 Å². The Kier molecular flexibility index (Phi) is 69.1. The number of allylic oxidation sites excluding steroid dienone is 10. The first kappa shape index (κ1) is 80.1. The highest BCUT2D eigenvalue weighted by Crippen LogP contribution is 2.19. The molecule has 0 aliphatic carbocycles. The largest absolute Gasteiger partial charge is 0.462 e. The van der Waals surface area contributed by atoms with Crippen LogP contribution in [0.2, 0.25) is 0 Å². The third kappa shape index (κ3) is 69.8. The number of hydrogen-bond acceptors (Lipinski definition) is 6. The monoisotopic (exact) mass is 1160 g/mol. The summed E-state index contributed by atoms with van der Waals surface area (Å²) in [5.41, 5.74) is 0. The first-order valence-corrected chi connectivity index (χ1v) is 36.8. The van der Waals surface area contributed by atoms with Crippen LogP contribution in [0.25, 0.3) is 0 Å². The molecule has 0 rings (SSSR count). The number of unbranched alkanes of at least 4 members (excludes halogenated alkanes) is 47. The van der Waals surface area contributed by atoms with Crippen molar-refractivity contribution in [1.82, 2.24) is 0 Å². The molecule has 1 unspecified atom stereocenters. The summed E-state index contributed by atoms with van der Waals surface area (Å²) < 4.78 is 17.0. The highest BCUT2D eigenvalue weighted by Gasteiger charge is 2.19. The molecule has 0 aromatic rings. The lowest BCUT2D eigenvalue weighted by molar-refractivity contribution is -0.167. The zero-order valence-corrected chi connectivity index (χ0v) is 55.7. The van der Waals surface area contributed by atoms with Crippen molar-refractivity contribution < 1.29 is 28.6 Å². The highest BCUT2D eigenvalue weighted by molar-refractivity contribution is 5.71. The van der Waals surface area contributed by atoms with Crippen molar-refractivity contribution in [2.24, 2.45) is 0 Å². The molecule has 6 nitrogen and oxygen atoms in total. The predicted molar refractivity (Wildman–Crippen MR) is 362 cm³/mol. The fourth-order valence-electron chi connectivity index (χ4n) is 11.0. The summed E-state index contributed by atoms with van der Waals surface area (Å²) in [6.45, 7) is 6.59. The topological polar surface area (TPSA) is 78.9 Å². The van der Waals surface area contributed by atoms with Crippen LogP contribution in [0.3, 0.4) is 0 Å². The Labute approximate surface area is 517 Å². The van der Waals surface area contributed by atoms with E-state index in [9.17, 15) is 14.4 Å². The van der Waals surface area contributed by atoms with Gasteiger partial charge in [-0.15, -0.1) is 0 Å². The van der Waals surface area contributed by atoms with E-state index in [1.807, 2.05) is 0 Å². The lowest BCUT2D eigenvalue weighted by Crippen LogP contribution is -2.30. The van der Waals surface area contributed by atoms with Crippen LogP contribution >= 0.6 is 0 Å². The summed E-state index contributed by atoms with van der Waals surface area (Å²) in [7, 11) is 0. The molecule has 0 aromatic heterocycles. The van der Waals surface area contributed by atoms with Crippen molar-refractivity contribution in [3.63, 3.8) is 0 Å². The fourth-order valence-corrected chi connectivity index (χ4v) is 11.0. The zero-order valence-electron chi connectivity index (χ0n) is 55.7. The number of carbonyl (C=O) groups excluding carboxylic acids is 3. The third-order valence-electron chi connectivity index (χ3n) is 16.5. The van der Waals surface area contributed by atoms with Gasteiger partial charge in [-0.05, 0) is 83.5 Å². The quantitative estimate of drug-likeness (QED) is 0.0261. The Morgan fingerprint density at radius 3 is 0.747 bits per heavy atom. The molecule has 484 valence electrons. The van der Waals surface area contributed by atoms with Crippen molar-refractivity contribution in [1.29, 1.82) is 0 Å². The van der Waals surface area contributed by atoms with E-state index in [0.717, 1.165) is 83.5 Å². The van der Waals surface area contributed by atoms with Gasteiger partial charge in [0.2, 0.25) is 0 Å². The van der Waals surface area contributed by atoms with E-state index in [4.69, 9.17) is 14.2 Å². The fraction of sp³-hybridized carbons (Fsp3) is 0.831. The van der Waals surface area contributed by atoms with E-state index in [2.05, 4.69) is 81.5 Å². The molecule has 1 atom stereocenters. The summed E-state index contributed by atoms with van der Waals surface area (Å²) >= 11 is 0. The highest BCUT2D eigenvalue weighted by atomic mass is 16.6. The van der Waals surface area contributed by atoms with Crippen molar-refractivity contribution in [3.05, 3.63) is 60.8 Å². The lowest BCUT2D eigenvalue weighted by Gasteiger charge is -2.18. The van der Waals surface area contributed by atoms with Gasteiger partial charge in [0.1, 0.15) is 13.2 Å². The van der Waals surface area contributed by atoms with Gasteiger partial charge in [0.25, 0.3) is 0 Å². The maximum atomic E-state index is 13.0. The molecular weight excluding hydrogens is 1020 g/mol. The first-order chi connectivity index (χ1) is 41.0. The number of hydrogen-bond donors (Lipinski definition) is 0. The number of rotatable bonds is 68. The van der Waals surface area contributed by atoms with Crippen LogP contribution in [0.1, 0.15) is 393 Å². The maximum Gasteiger partial charge on any atom is 0.306 e. The molecule has 0 radical (unpaired) electrons. The van der Waals surface area contributed by atoms with Gasteiger partial charge in [0.05, 0.1) is 0 Å². The minimum atomic E-state index is -0.774. The zero-order chi connectivity index (χ0) is 59.9. The number of carbonyl (C=O) groups is 3. The minimum Gasteiger partial charge on any atom is -0.462 e. The molecule has 0 aliphatic heterocycles.